The summed E-state index contributed by atoms with van der Waals surface area (Å²) in [6.45, 7) is 11.7. The molecule has 1 aliphatic heterocycles. The standard InChI is InChI=1S/C24H29F2N7/c1-15(20-11-29-24(30-16(20)2)31-19-7-9-32(4)10-8-19)18-5-6-23-28-12-21(33(23)14-18)17(3)27-13-22(25)26/h5-6,11-12,14,19,22,27H,1,3,7-10,13H2,2,4H3,(H,29,30,31). The first-order valence-electron chi connectivity index (χ1n) is 11.0. The molecule has 0 bridgehead atoms. The summed E-state index contributed by atoms with van der Waals surface area (Å²) in [6.07, 6.45) is 4.95. The average Bonchev–Trinajstić information content (AvgIpc) is 3.22. The number of anilines is 1. The molecular weight excluding hydrogens is 424 g/mol. The number of alkyl halides is 2. The van der Waals surface area contributed by atoms with Crippen LogP contribution in [0.2, 0.25) is 0 Å². The molecule has 1 aliphatic rings. The zero-order valence-electron chi connectivity index (χ0n) is 19.0. The van der Waals surface area contributed by atoms with Crippen molar-refractivity contribution in [2.45, 2.75) is 32.2 Å². The molecule has 3 aromatic rings. The second-order valence-corrected chi connectivity index (χ2v) is 8.43. The summed E-state index contributed by atoms with van der Waals surface area (Å²) in [7, 11) is 2.14. The van der Waals surface area contributed by atoms with Gasteiger partial charge in [0.05, 0.1) is 29.8 Å². The Hall–Kier alpha value is -3.33. The minimum Gasteiger partial charge on any atom is -0.378 e. The minimum absolute atomic E-state index is 0.378. The smallest absolute Gasteiger partial charge is 0.255 e. The van der Waals surface area contributed by atoms with Crippen LogP contribution in [-0.2, 0) is 0 Å². The van der Waals surface area contributed by atoms with Gasteiger partial charge in [-0.25, -0.2) is 23.7 Å². The van der Waals surface area contributed by atoms with Gasteiger partial charge in [-0.2, -0.15) is 0 Å². The highest BCUT2D eigenvalue weighted by Gasteiger charge is 2.18. The van der Waals surface area contributed by atoms with Crippen molar-refractivity contribution in [2.75, 3.05) is 32.0 Å². The number of rotatable bonds is 8. The number of pyridine rings is 1. The Kier molecular flexibility index (Phi) is 6.69. The minimum atomic E-state index is -2.46. The second-order valence-electron chi connectivity index (χ2n) is 8.43. The van der Waals surface area contributed by atoms with Crippen LogP contribution < -0.4 is 10.6 Å². The Labute approximate surface area is 192 Å². The van der Waals surface area contributed by atoms with Gasteiger partial charge in [0.25, 0.3) is 6.43 Å². The second kappa shape index (κ2) is 9.66. The molecule has 9 heteroatoms. The molecule has 7 nitrogen and oxygen atoms in total. The van der Waals surface area contributed by atoms with Gasteiger partial charge >= 0.3 is 0 Å². The predicted octanol–water partition coefficient (Wildman–Crippen LogP) is 3.83. The summed E-state index contributed by atoms with van der Waals surface area (Å²) >= 11 is 0. The van der Waals surface area contributed by atoms with Gasteiger partial charge < -0.3 is 15.5 Å². The van der Waals surface area contributed by atoms with Crippen LogP contribution in [0.3, 0.4) is 0 Å². The molecule has 174 valence electrons. The summed E-state index contributed by atoms with van der Waals surface area (Å²) in [5.41, 5.74) is 4.99. The van der Waals surface area contributed by atoms with Crippen LogP contribution in [0.4, 0.5) is 14.7 Å². The van der Waals surface area contributed by atoms with Gasteiger partial charge in [0.1, 0.15) is 5.65 Å². The molecule has 0 amide bonds. The number of aryl methyl sites for hydroxylation is 1. The lowest BCUT2D eigenvalue weighted by Crippen LogP contribution is -2.37. The monoisotopic (exact) mass is 453 g/mol. The van der Waals surface area contributed by atoms with Gasteiger partial charge in [0, 0.05) is 24.0 Å². The van der Waals surface area contributed by atoms with Crippen LogP contribution in [0.1, 0.15) is 35.4 Å². The molecule has 0 atom stereocenters. The van der Waals surface area contributed by atoms with Gasteiger partial charge in [0.2, 0.25) is 5.95 Å². The van der Waals surface area contributed by atoms with E-state index in [1.54, 1.807) is 12.4 Å². The third-order valence-electron chi connectivity index (χ3n) is 5.99. The first kappa shape index (κ1) is 22.8. The Balaban J connectivity index is 1.53. The maximum atomic E-state index is 12.6. The van der Waals surface area contributed by atoms with Crippen LogP contribution in [0, 0.1) is 6.92 Å². The van der Waals surface area contributed by atoms with E-state index in [2.05, 4.69) is 50.7 Å². The van der Waals surface area contributed by atoms with E-state index in [1.807, 2.05) is 29.7 Å². The topological polar surface area (TPSA) is 70.4 Å². The van der Waals surface area contributed by atoms with Crippen LogP contribution in [0.15, 0.2) is 43.9 Å². The van der Waals surface area contributed by atoms with E-state index >= 15 is 0 Å². The highest BCUT2D eigenvalue weighted by molar-refractivity contribution is 5.79. The van der Waals surface area contributed by atoms with E-state index < -0.39 is 13.0 Å². The molecule has 0 spiro atoms. The molecule has 1 saturated heterocycles. The molecule has 0 aromatic carbocycles. The quantitative estimate of drug-likeness (QED) is 0.540. The van der Waals surface area contributed by atoms with Crippen LogP contribution in [0.25, 0.3) is 16.9 Å². The summed E-state index contributed by atoms with van der Waals surface area (Å²) in [5.74, 6) is 0.632. The lowest BCUT2D eigenvalue weighted by molar-refractivity contribution is 0.151. The first-order valence-corrected chi connectivity index (χ1v) is 11.0. The molecule has 4 rings (SSSR count). The van der Waals surface area contributed by atoms with Crippen molar-refractivity contribution in [3.63, 3.8) is 0 Å². The summed E-state index contributed by atoms with van der Waals surface area (Å²) in [5, 5.41) is 6.10. The fraction of sp³-hybridized carbons (Fsp3) is 0.375. The van der Waals surface area contributed by atoms with Crippen LogP contribution in [-0.4, -0.2) is 63.4 Å². The highest BCUT2D eigenvalue weighted by atomic mass is 19.3. The lowest BCUT2D eigenvalue weighted by atomic mass is 10.0. The molecule has 4 heterocycles. The number of fused-ring (bicyclic) bond motifs is 1. The number of hydrogen-bond donors (Lipinski definition) is 2. The zero-order chi connectivity index (χ0) is 23.5. The van der Waals surface area contributed by atoms with Crippen LogP contribution in [0.5, 0.6) is 0 Å². The number of halogens is 2. The van der Waals surface area contributed by atoms with Gasteiger partial charge in [-0.1, -0.05) is 13.2 Å². The summed E-state index contributed by atoms with van der Waals surface area (Å²) < 4.78 is 26.9. The van der Waals surface area contributed by atoms with Gasteiger partial charge in [-0.3, -0.25) is 4.40 Å². The molecule has 0 unspecified atom stereocenters. The van der Waals surface area contributed by atoms with E-state index in [4.69, 9.17) is 0 Å². The fourth-order valence-corrected chi connectivity index (χ4v) is 4.00. The lowest BCUT2D eigenvalue weighted by Gasteiger charge is -2.29. The van der Waals surface area contributed by atoms with Crippen molar-refractivity contribution in [3.8, 4) is 0 Å². The number of aromatic nitrogens is 4. The average molecular weight is 454 g/mol. The normalized spacial score (nSPS) is 15.2. The number of piperidine rings is 1. The summed E-state index contributed by atoms with van der Waals surface area (Å²) in [6, 6.07) is 4.16. The van der Waals surface area contributed by atoms with E-state index in [-0.39, 0.29) is 0 Å². The first-order chi connectivity index (χ1) is 15.8. The van der Waals surface area contributed by atoms with E-state index in [0.29, 0.717) is 29.0 Å². The molecule has 2 N–H and O–H groups in total. The molecule has 0 saturated carbocycles. The van der Waals surface area contributed by atoms with Gasteiger partial charge in [-0.15, -0.1) is 0 Å². The van der Waals surface area contributed by atoms with Crippen molar-refractivity contribution < 1.29 is 8.78 Å². The third kappa shape index (κ3) is 5.19. The van der Waals surface area contributed by atoms with Crippen molar-refractivity contribution in [2.24, 2.45) is 0 Å². The fourth-order valence-electron chi connectivity index (χ4n) is 4.00. The molecule has 3 aromatic heterocycles. The number of imidazole rings is 1. The zero-order valence-corrected chi connectivity index (χ0v) is 19.0. The van der Waals surface area contributed by atoms with Crippen LogP contribution >= 0.6 is 0 Å². The predicted molar refractivity (Wildman–Crippen MR) is 127 cm³/mol. The van der Waals surface area contributed by atoms with E-state index in [1.165, 1.54) is 0 Å². The number of likely N-dealkylation sites (tertiary alicyclic amines) is 1. The van der Waals surface area contributed by atoms with Crippen molar-refractivity contribution in [3.05, 3.63) is 66.4 Å². The maximum Gasteiger partial charge on any atom is 0.255 e. The van der Waals surface area contributed by atoms with E-state index in [9.17, 15) is 8.78 Å². The Morgan fingerprint density at radius 3 is 2.64 bits per heavy atom. The number of nitrogens with one attached hydrogen (secondary N) is 2. The molecule has 1 fully saturated rings. The largest absolute Gasteiger partial charge is 0.378 e. The maximum absolute atomic E-state index is 12.6. The van der Waals surface area contributed by atoms with Crippen molar-refractivity contribution in [1.82, 2.24) is 29.6 Å². The molecule has 0 radical (unpaired) electrons. The Bertz CT molecular complexity index is 1160. The Morgan fingerprint density at radius 1 is 1.18 bits per heavy atom. The van der Waals surface area contributed by atoms with E-state index in [0.717, 1.165) is 48.3 Å². The third-order valence-corrected chi connectivity index (χ3v) is 5.99. The highest BCUT2D eigenvalue weighted by Crippen LogP contribution is 2.26. The van der Waals surface area contributed by atoms with Gasteiger partial charge in [0.15, 0.2) is 0 Å². The van der Waals surface area contributed by atoms with Crippen molar-refractivity contribution >= 4 is 22.9 Å². The molecule has 33 heavy (non-hydrogen) atoms. The van der Waals surface area contributed by atoms with Crippen molar-refractivity contribution in [1.29, 1.82) is 0 Å². The number of hydrogen-bond acceptors (Lipinski definition) is 6. The molecular formula is C24H29F2N7. The number of nitrogens with zero attached hydrogens (tertiary/aromatic N) is 5. The molecule has 0 aliphatic carbocycles. The Morgan fingerprint density at radius 2 is 1.94 bits per heavy atom. The SMILES string of the molecule is C=C(c1ccc2ncc(C(=C)NCC(F)F)n2c1)c1cnc(NC2CCN(C)CC2)nc1C. The summed E-state index contributed by atoms with van der Waals surface area (Å²) in [4.78, 5) is 15.8. The van der Waals surface area contributed by atoms with Gasteiger partial charge in [-0.05, 0) is 63.2 Å².